The molecule has 0 bridgehead atoms. The molecule has 3 aromatic carbocycles. The number of amides is 2. The molecule has 7 nitrogen and oxygen atoms in total. The molecule has 2 aliphatic rings. The summed E-state index contributed by atoms with van der Waals surface area (Å²) in [5.74, 6) is 1.22. The van der Waals surface area contributed by atoms with Gasteiger partial charge in [0.15, 0.2) is 0 Å². The Morgan fingerprint density at radius 2 is 1.75 bits per heavy atom. The molecule has 2 heterocycles. The van der Waals surface area contributed by atoms with Crippen LogP contribution in [0.3, 0.4) is 0 Å². The van der Waals surface area contributed by atoms with Crippen LogP contribution in [0.15, 0.2) is 84.0 Å². The Hall–Kier alpha value is -4.13. The highest BCUT2D eigenvalue weighted by molar-refractivity contribution is 6.03. The van der Waals surface area contributed by atoms with Crippen molar-refractivity contribution >= 4 is 17.5 Å². The molecule has 7 heteroatoms. The van der Waals surface area contributed by atoms with Gasteiger partial charge in [-0.1, -0.05) is 60.7 Å². The molecule has 0 radical (unpaired) electrons. The van der Waals surface area contributed by atoms with E-state index in [0.29, 0.717) is 19.4 Å². The minimum absolute atomic E-state index is 0.0783. The number of para-hydroxylation sites is 1. The first-order chi connectivity index (χ1) is 17.6. The molecule has 0 spiro atoms. The zero-order chi connectivity index (χ0) is 24.9. The van der Waals surface area contributed by atoms with Gasteiger partial charge in [-0.2, -0.15) is 5.10 Å². The fourth-order valence-corrected chi connectivity index (χ4v) is 4.72. The molecule has 1 N–H and O–H groups in total. The summed E-state index contributed by atoms with van der Waals surface area (Å²) in [5, 5.41) is 9.32. The quantitative estimate of drug-likeness (QED) is 0.524. The normalized spacial score (nSPS) is 18.6. The van der Waals surface area contributed by atoms with Crippen molar-refractivity contribution in [1.82, 2.24) is 10.3 Å². The van der Waals surface area contributed by atoms with Gasteiger partial charge in [0.25, 0.3) is 0 Å². The first kappa shape index (κ1) is 23.6. The zero-order valence-corrected chi connectivity index (χ0v) is 20.2. The maximum absolute atomic E-state index is 13.3. The van der Waals surface area contributed by atoms with E-state index in [-0.39, 0.29) is 36.7 Å². The van der Waals surface area contributed by atoms with Crippen molar-refractivity contribution in [2.75, 3.05) is 13.7 Å². The molecule has 0 unspecified atom stereocenters. The van der Waals surface area contributed by atoms with E-state index in [1.165, 1.54) is 0 Å². The molecule has 0 aromatic heterocycles. The first-order valence-corrected chi connectivity index (χ1v) is 12.2. The van der Waals surface area contributed by atoms with Crippen LogP contribution in [0.5, 0.6) is 11.5 Å². The van der Waals surface area contributed by atoms with Crippen molar-refractivity contribution in [2.24, 2.45) is 5.10 Å². The van der Waals surface area contributed by atoms with Crippen molar-refractivity contribution in [2.45, 2.75) is 37.8 Å². The Morgan fingerprint density at radius 1 is 1.00 bits per heavy atom. The van der Waals surface area contributed by atoms with E-state index in [9.17, 15) is 9.59 Å². The summed E-state index contributed by atoms with van der Waals surface area (Å²) < 4.78 is 11.0. The smallest absolute Gasteiger partial charge is 0.243 e. The van der Waals surface area contributed by atoms with Crippen LogP contribution in [-0.4, -0.2) is 36.3 Å². The lowest BCUT2D eigenvalue weighted by Crippen LogP contribution is -2.33. The predicted octanol–water partition coefficient (Wildman–Crippen LogP) is 4.79. The molecule has 0 fully saturated rings. The van der Waals surface area contributed by atoms with E-state index in [4.69, 9.17) is 14.6 Å². The summed E-state index contributed by atoms with van der Waals surface area (Å²) in [7, 11) is 1.63. The summed E-state index contributed by atoms with van der Waals surface area (Å²) in [6.07, 6.45) is 1.48. The molecule has 36 heavy (non-hydrogen) atoms. The average molecular weight is 484 g/mol. The Bertz CT molecular complexity index is 1260. The van der Waals surface area contributed by atoms with E-state index in [1.54, 1.807) is 12.1 Å². The van der Waals surface area contributed by atoms with Crippen LogP contribution >= 0.6 is 0 Å². The molecule has 0 saturated carbocycles. The molecule has 184 valence electrons. The molecular formula is C29H29N3O4. The van der Waals surface area contributed by atoms with Crippen molar-refractivity contribution in [3.63, 3.8) is 0 Å². The first-order valence-electron chi connectivity index (χ1n) is 12.2. The molecule has 0 saturated heterocycles. The third-order valence-corrected chi connectivity index (χ3v) is 6.63. The number of benzene rings is 3. The maximum atomic E-state index is 13.3. The lowest BCUT2D eigenvalue weighted by molar-refractivity contribution is -0.135. The number of ether oxygens (including phenoxy) is 2. The number of nitrogens with zero attached hydrogens (tertiary/aromatic N) is 2. The number of nitrogens with one attached hydrogen (secondary N) is 1. The highest BCUT2D eigenvalue weighted by atomic mass is 16.5. The van der Waals surface area contributed by atoms with Gasteiger partial charge in [0, 0.05) is 31.2 Å². The molecule has 0 aliphatic carbocycles. The third-order valence-electron chi connectivity index (χ3n) is 6.63. The van der Waals surface area contributed by atoms with Crippen LogP contribution in [0.25, 0.3) is 0 Å². The number of methoxy groups -OCH3 is 1. The summed E-state index contributed by atoms with van der Waals surface area (Å²) >= 11 is 0. The number of carbonyl (C=O) groups excluding carboxylic acids is 2. The average Bonchev–Trinajstić information content (AvgIpc) is 3.38. The van der Waals surface area contributed by atoms with Crippen LogP contribution in [0, 0.1) is 0 Å². The van der Waals surface area contributed by atoms with E-state index < -0.39 is 0 Å². The van der Waals surface area contributed by atoms with Gasteiger partial charge in [-0.25, -0.2) is 5.01 Å². The largest absolute Gasteiger partial charge is 0.497 e. The lowest BCUT2D eigenvalue weighted by atomic mass is 9.98. The molecule has 3 aromatic rings. The molecule has 2 aliphatic heterocycles. The number of carbonyl (C=O) groups is 2. The number of rotatable bonds is 7. The second kappa shape index (κ2) is 10.6. The topological polar surface area (TPSA) is 80.2 Å². The Labute approximate surface area is 210 Å². The van der Waals surface area contributed by atoms with Crippen LogP contribution in [0.4, 0.5) is 0 Å². The van der Waals surface area contributed by atoms with Crippen molar-refractivity contribution < 1.29 is 19.1 Å². The zero-order valence-electron chi connectivity index (χ0n) is 20.2. The monoisotopic (exact) mass is 483 g/mol. The maximum Gasteiger partial charge on any atom is 0.243 e. The molecular weight excluding hydrogens is 454 g/mol. The minimum atomic E-state index is -0.232. The van der Waals surface area contributed by atoms with Gasteiger partial charge >= 0.3 is 0 Å². The fourth-order valence-electron chi connectivity index (χ4n) is 4.72. The number of hydrogen-bond donors (Lipinski definition) is 1. The van der Waals surface area contributed by atoms with E-state index in [1.807, 2.05) is 78.9 Å². The van der Waals surface area contributed by atoms with Gasteiger partial charge in [-0.15, -0.1) is 0 Å². The second-order valence-corrected chi connectivity index (χ2v) is 8.94. The summed E-state index contributed by atoms with van der Waals surface area (Å²) in [6.45, 7) is 0.551. The Kier molecular flexibility index (Phi) is 6.98. The van der Waals surface area contributed by atoms with Crippen LogP contribution < -0.4 is 14.8 Å². The van der Waals surface area contributed by atoms with Gasteiger partial charge < -0.3 is 14.8 Å². The standard InChI is InChI=1S/C29H29N3O4/c1-35-22-13-11-21(12-14-22)26-19-25(20-7-3-2-4-8-20)31-32(26)29(34)16-15-28(33)30-24-17-18-36-27-10-6-5-9-23(24)27/h2-14,24,26H,15-19H2,1H3,(H,30,33)/t24-,26+/m0/s1. The fraction of sp³-hybridized carbons (Fsp3) is 0.276. The summed E-state index contributed by atoms with van der Waals surface area (Å²) in [5.41, 5.74) is 3.79. The molecule has 2 amide bonds. The molecule has 2 atom stereocenters. The van der Waals surface area contributed by atoms with Crippen LogP contribution in [-0.2, 0) is 9.59 Å². The second-order valence-electron chi connectivity index (χ2n) is 8.94. The van der Waals surface area contributed by atoms with Crippen molar-refractivity contribution in [1.29, 1.82) is 0 Å². The highest BCUT2D eigenvalue weighted by Crippen LogP contribution is 2.35. The van der Waals surface area contributed by atoms with Crippen molar-refractivity contribution in [3.05, 3.63) is 95.6 Å². The highest BCUT2D eigenvalue weighted by Gasteiger charge is 2.33. The van der Waals surface area contributed by atoms with E-state index in [2.05, 4.69) is 5.32 Å². The van der Waals surface area contributed by atoms with Crippen molar-refractivity contribution in [3.8, 4) is 11.5 Å². The third kappa shape index (κ3) is 5.10. The lowest BCUT2D eigenvalue weighted by Gasteiger charge is -2.27. The summed E-state index contributed by atoms with van der Waals surface area (Å²) in [4.78, 5) is 26.1. The van der Waals surface area contributed by atoms with E-state index >= 15 is 0 Å². The van der Waals surface area contributed by atoms with Gasteiger partial charge in [-0.05, 0) is 29.3 Å². The minimum Gasteiger partial charge on any atom is -0.497 e. The number of hydrazone groups is 1. The van der Waals surface area contributed by atoms with Crippen LogP contribution in [0.2, 0.25) is 0 Å². The molecule has 5 rings (SSSR count). The van der Waals surface area contributed by atoms with Gasteiger partial charge in [0.1, 0.15) is 11.5 Å². The van der Waals surface area contributed by atoms with Gasteiger partial charge in [0.2, 0.25) is 11.8 Å². The Balaban J connectivity index is 1.28. The summed E-state index contributed by atoms with van der Waals surface area (Å²) in [6, 6.07) is 25.0. The van der Waals surface area contributed by atoms with Gasteiger partial charge in [0.05, 0.1) is 31.5 Å². The SMILES string of the molecule is COc1ccc([C@H]2CC(c3ccccc3)=NN2C(=O)CCC(=O)N[C@H]2CCOc3ccccc32)cc1. The van der Waals surface area contributed by atoms with Crippen LogP contribution in [0.1, 0.15) is 54.5 Å². The van der Waals surface area contributed by atoms with E-state index in [0.717, 1.165) is 33.9 Å². The predicted molar refractivity (Wildman–Crippen MR) is 137 cm³/mol. The Morgan fingerprint density at radius 3 is 2.53 bits per heavy atom. The number of hydrogen-bond acceptors (Lipinski definition) is 5. The van der Waals surface area contributed by atoms with Gasteiger partial charge in [-0.3, -0.25) is 9.59 Å². The number of fused-ring (bicyclic) bond motifs is 1.